The van der Waals surface area contributed by atoms with Gasteiger partial charge in [0.2, 0.25) is 5.88 Å². The van der Waals surface area contributed by atoms with Crippen molar-refractivity contribution in [2.24, 2.45) is 0 Å². The molecule has 0 aliphatic carbocycles. The molecule has 0 fully saturated rings. The Morgan fingerprint density at radius 1 is 1.00 bits per heavy atom. The van der Waals surface area contributed by atoms with Crippen LogP contribution in [0.15, 0.2) is 36.4 Å². The van der Waals surface area contributed by atoms with Gasteiger partial charge in [0.05, 0.1) is 12.3 Å². The van der Waals surface area contributed by atoms with Gasteiger partial charge in [-0.3, -0.25) is 0 Å². The number of aromatic nitrogens is 5. The summed E-state index contributed by atoms with van der Waals surface area (Å²) < 4.78 is 39.5. The molecule has 3 rings (SSSR count). The second-order valence-corrected chi connectivity index (χ2v) is 14.0. The number of benzene rings is 1. The van der Waals surface area contributed by atoms with E-state index in [0.717, 1.165) is 0 Å². The molecule has 3 aromatic rings. The maximum absolute atomic E-state index is 12.9. The number of rotatable bonds is 8. The third kappa shape index (κ3) is 5.67. The van der Waals surface area contributed by atoms with E-state index >= 15 is 0 Å². The number of ether oxygens (including phenoxy) is 1. The van der Waals surface area contributed by atoms with Crippen LogP contribution in [0.2, 0.25) is 23.3 Å². The summed E-state index contributed by atoms with van der Waals surface area (Å²) in [5.74, 6) is 0.284. The predicted molar refractivity (Wildman–Crippen MR) is 120 cm³/mol. The molecular weight excluding hydrogens is 456 g/mol. The molecule has 0 saturated carbocycles. The molecule has 172 valence electrons. The maximum Gasteiger partial charge on any atom is 0.263 e. The highest BCUT2D eigenvalue weighted by Crippen LogP contribution is 2.37. The van der Waals surface area contributed by atoms with Gasteiger partial charge in [-0.1, -0.05) is 49.7 Å². The molecule has 1 aromatic carbocycles. The largest absolute Gasteiger partial charge is 0.470 e. The molecule has 0 bridgehead atoms. The van der Waals surface area contributed by atoms with Crippen molar-refractivity contribution in [2.45, 2.75) is 58.5 Å². The Morgan fingerprint density at radius 2 is 1.69 bits per heavy atom. The zero-order chi connectivity index (χ0) is 23.5. The first-order valence-corrected chi connectivity index (χ1v) is 13.3. The first-order valence-electron chi connectivity index (χ1n) is 10.1. The van der Waals surface area contributed by atoms with E-state index in [2.05, 4.69) is 54.4 Å². The number of alkyl halides is 2. The highest BCUT2D eigenvalue weighted by Gasteiger charge is 2.37. The number of halogens is 3. The second-order valence-electron chi connectivity index (χ2n) is 8.82. The van der Waals surface area contributed by atoms with Gasteiger partial charge in [0, 0.05) is 11.6 Å². The van der Waals surface area contributed by atoms with Crippen LogP contribution in [0.5, 0.6) is 5.88 Å². The lowest BCUT2D eigenvalue weighted by molar-refractivity contribution is 0.151. The maximum atomic E-state index is 12.9. The Labute approximate surface area is 191 Å². The van der Waals surface area contributed by atoms with E-state index in [1.807, 2.05) is 0 Å². The Kier molecular flexibility index (Phi) is 7.26. The normalized spacial score (nSPS) is 12.4. The lowest BCUT2D eigenvalue weighted by Gasteiger charge is -2.35. The van der Waals surface area contributed by atoms with Crippen molar-refractivity contribution in [3.8, 4) is 11.6 Å². The summed E-state index contributed by atoms with van der Waals surface area (Å²) >= 11 is 5.78. The third-order valence-electron chi connectivity index (χ3n) is 5.57. The van der Waals surface area contributed by atoms with Crippen LogP contribution in [0.3, 0.4) is 0 Å². The molecule has 0 N–H and O–H groups in total. The summed E-state index contributed by atoms with van der Waals surface area (Å²) in [6, 6.07) is 9.04. The van der Waals surface area contributed by atoms with Gasteiger partial charge in [-0.2, -0.15) is 0 Å². The van der Waals surface area contributed by atoms with Crippen molar-refractivity contribution in [1.82, 2.24) is 25.2 Å². The van der Waals surface area contributed by atoms with E-state index in [4.69, 9.17) is 20.8 Å². The third-order valence-corrected chi connectivity index (χ3v) is 10.3. The topological polar surface area (TPSA) is 75.0 Å². The quantitative estimate of drug-likeness (QED) is 0.381. The second kappa shape index (κ2) is 9.59. The molecule has 0 amide bonds. The minimum absolute atomic E-state index is 0.0314. The van der Waals surface area contributed by atoms with Gasteiger partial charge >= 0.3 is 0 Å². The molecule has 32 heavy (non-hydrogen) atoms. The van der Waals surface area contributed by atoms with Crippen molar-refractivity contribution < 1.29 is 17.9 Å². The molecule has 0 saturated heterocycles. The van der Waals surface area contributed by atoms with Crippen LogP contribution in [0, 0.1) is 0 Å². The van der Waals surface area contributed by atoms with Crippen LogP contribution in [-0.4, -0.2) is 33.5 Å². The predicted octanol–water partition coefficient (Wildman–Crippen LogP) is 5.75. The van der Waals surface area contributed by atoms with Crippen LogP contribution in [0.1, 0.15) is 44.1 Å². The average Bonchev–Trinajstić information content (AvgIpc) is 3.14. The molecule has 0 aliphatic heterocycles. The Morgan fingerprint density at radius 3 is 2.25 bits per heavy atom. The van der Waals surface area contributed by atoms with Gasteiger partial charge in [-0.25, -0.2) is 13.5 Å². The molecule has 2 aromatic heterocycles. The monoisotopic (exact) mass is 481 g/mol. The molecular formula is C21H26ClF2N5O2Si. The summed E-state index contributed by atoms with van der Waals surface area (Å²) in [4.78, 5) is 0. The Bertz CT molecular complexity index is 1040. The van der Waals surface area contributed by atoms with E-state index in [1.54, 1.807) is 28.9 Å². The minimum atomic E-state index is -2.54. The SMILES string of the molecule is CC(C)(C)[Si](C)(C)OCc1nnn(-c2ccc(C(F)F)cc2)c1COc1ccc(Cl)nn1. The van der Waals surface area contributed by atoms with E-state index in [1.165, 1.54) is 12.1 Å². The molecule has 0 spiro atoms. The van der Waals surface area contributed by atoms with Crippen LogP contribution in [-0.2, 0) is 17.6 Å². The summed E-state index contributed by atoms with van der Waals surface area (Å²) in [5.41, 5.74) is 1.76. The molecule has 0 radical (unpaired) electrons. The van der Waals surface area contributed by atoms with Crippen molar-refractivity contribution in [3.05, 3.63) is 58.5 Å². The van der Waals surface area contributed by atoms with Gasteiger partial charge in [-0.05, 0) is 36.3 Å². The van der Waals surface area contributed by atoms with E-state index in [-0.39, 0.29) is 34.8 Å². The van der Waals surface area contributed by atoms with Crippen LogP contribution < -0.4 is 4.74 Å². The number of hydrogen-bond donors (Lipinski definition) is 0. The van der Waals surface area contributed by atoms with E-state index in [0.29, 0.717) is 17.1 Å². The van der Waals surface area contributed by atoms with Gasteiger partial charge in [0.15, 0.2) is 13.5 Å². The Hall–Kier alpha value is -2.43. The summed E-state index contributed by atoms with van der Waals surface area (Å²) in [7, 11) is -2.03. The lowest BCUT2D eigenvalue weighted by Crippen LogP contribution is -2.40. The Balaban J connectivity index is 1.89. The van der Waals surface area contributed by atoms with Crippen LogP contribution in [0.25, 0.3) is 5.69 Å². The fourth-order valence-corrected chi connectivity index (χ4v) is 3.58. The fraction of sp³-hybridized carbons (Fsp3) is 0.429. The molecule has 0 unspecified atom stereocenters. The van der Waals surface area contributed by atoms with Crippen molar-refractivity contribution in [2.75, 3.05) is 0 Å². The van der Waals surface area contributed by atoms with E-state index < -0.39 is 14.7 Å². The standard InChI is InChI=1S/C21H26ClF2N5O2Si/c1-21(2,3)32(4,5)31-12-16-17(13-30-19-11-10-18(22)26-27-19)29(28-25-16)15-8-6-14(7-9-15)20(23)24/h6-11,20H,12-13H2,1-5H3. The first kappa shape index (κ1) is 24.2. The van der Waals surface area contributed by atoms with Crippen molar-refractivity contribution >= 4 is 19.9 Å². The van der Waals surface area contributed by atoms with Gasteiger partial charge < -0.3 is 9.16 Å². The molecule has 0 atom stereocenters. The highest BCUT2D eigenvalue weighted by atomic mass is 35.5. The fourth-order valence-electron chi connectivity index (χ4n) is 2.55. The van der Waals surface area contributed by atoms with Crippen LogP contribution >= 0.6 is 11.6 Å². The smallest absolute Gasteiger partial charge is 0.263 e. The van der Waals surface area contributed by atoms with Crippen molar-refractivity contribution in [3.63, 3.8) is 0 Å². The zero-order valence-corrected chi connectivity index (χ0v) is 20.4. The van der Waals surface area contributed by atoms with Gasteiger partial charge in [0.25, 0.3) is 6.43 Å². The molecule has 7 nitrogen and oxygen atoms in total. The molecule has 0 aliphatic rings. The summed E-state index contributed by atoms with van der Waals surface area (Å²) in [6.45, 7) is 11.1. The molecule has 2 heterocycles. The van der Waals surface area contributed by atoms with Gasteiger partial charge in [0.1, 0.15) is 18.0 Å². The highest BCUT2D eigenvalue weighted by molar-refractivity contribution is 6.74. The number of hydrogen-bond acceptors (Lipinski definition) is 6. The molecule has 11 heteroatoms. The minimum Gasteiger partial charge on any atom is -0.470 e. The average molecular weight is 482 g/mol. The van der Waals surface area contributed by atoms with Crippen molar-refractivity contribution in [1.29, 1.82) is 0 Å². The van der Waals surface area contributed by atoms with Crippen LogP contribution in [0.4, 0.5) is 8.78 Å². The summed E-state index contributed by atoms with van der Waals surface area (Å²) in [6.07, 6.45) is -2.54. The van der Waals surface area contributed by atoms with E-state index in [9.17, 15) is 8.78 Å². The first-order chi connectivity index (χ1) is 15.0. The summed E-state index contributed by atoms with van der Waals surface area (Å²) in [5, 5.41) is 16.5. The lowest BCUT2D eigenvalue weighted by atomic mass is 10.2. The number of nitrogens with zero attached hydrogens (tertiary/aromatic N) is 5. The zero-order valence-electron chi connectivity index (χ0n) is 18.6. The van der Waals surface area contributed by atoms with Gasteiger partial charge in [-0.15, -0.1) is 15.3 Å².